The molecule has 3 N–H and O–H groups in total. The number of urea groups is 1. The van der Waals surface area contributed by atoms with E-state index in [2.05, 4.69) is 10.6 Å². The van der Waals surface area contributed by atoms with Crippen molar-refractivity contribution in [2.24, 2.45) is 0 Å². The van der Waals surface area contributed by atoms with Crippen molar-refractivity contribution in [2.75, 3.05) is 11.9 Å². The molecule has 0 saturated heterocycles. The van der Waals surface area contributed by atoms with Crippen LogP contribution in [0.3, 0.4) is 0 Å². The maximum Gasteiger partial charge on any atom is 0.319 e. The number of carboxylic acid groups (broad SMARTS) is 1. The van der Waals surface area contributed by atoms with Gasteiger partial charge in [0.1, 0.15) is 0 Å². The number of halogens is 1. The van der Waals surface area contributed by atoms with Gasteiger partial charge in [-0.25, -0.2) is 4.79 Å². The van der Waals surface area contributed by atoms with Crippen LogP contribution in [0.2, 0.25) is 5.02 Å². The van der Waals surface area contributed by atoms with E-state index in [1.165, 1.54) is 18.2 Å². The number of carboxylic acids is 1. The van der Waals surface area contributed by atoms with E-state index in [1.807, 2.05) is 6.07 Å². The van der Waals surface area contributed by atoms with Crippen LogP contribution in [-0.2, 0) is 4.79 Å². The minimum absolute atomic E-state index is 0.0106. The van der Waals surface area contributed by atoms with Gasteiger partial charge in [-0.3, -0.25) is 4.79 Å². The molecule has 0 fully saturated rings. The molecule has 7 heteroatoms. The van der Waals surface area contributed by atoms with Crippen molar-refractivity contribution in [3.8, 4) is 6.07 Å². The molecule has 6 nitrogen and oxygen atoms in total. The number of hydrogen-bond acceptors (Lipinski definition) is 3. The van der Waals surface area contributed by atoms with Crippen LogP contribution >= 0.6 is 11.6 Å². The van der Waals surface area contributed by atoms with Gasteiger partial charge < -0.3 is 15.7 Å². The van der Waals surface area contributed by atoms with Crippen LogP contribution in [0.15, 0.2) is 18.2 Å². The molecule has 94 valence electrons. The van der Waals surface area contributed by atoms with E-state index in [0.717, 1.165) is 0 Å². The van der Waals surface area contributed by atoms with Crippen LogP contribution in [0.4, 0.5) is 10.5 Å². The first-order valence-corrected chi connectivity index (χ1v) is 5.37. The lowest BCUT2D eigenvalue weighted by atomic mass is 10.2. The second kappa shape index (κ2) is 6.47. The van der Waals surface area contributed by atoms with E-state index in [-0.39, 0.29) is 13.0 Å². The third-order valence-electron chi connectivity index (χ3n) is 1.97. The third-order valence-corrected chi connectivity index (χ3v) is 2.30. The molecule has 0 saturated carbocycles. The highest BCUT2D eigenvalue weighted by atomic mass is 35.5. The molecular weight excluding hydrogens is 258 g/mol. The number of carbonyl (C=O) groups is 2. The maximum atomic E-state index is 11.4. The topological polar surface area (TPSA) is 102 Å². The molecule has 0 radical (unpaired) electrons. The van der Waals surface area contributed by atoms with Gasteiger partial charge in [0.05, 0.1) is 28.8 Å². The molecule has 0 unspecified atom stereocenters. The zero-order valence-corrected chi connectivity index (χ0v) is 9.99. The smallest absolute Gasteiger partial charge is 0.319 e. The summed E-state index contributed by atoms with van der Waals surface area (Å²) < 4.78 is 0. The number of nitriles is 1. The van der Waals surface area contributed by atoms with Gasteiger partial charge in [0.25, 0.3) is 0 Å². The van der Waals surface area contributed by atoms with Gasteiger partial charge in [-0.2, -0.15) is 5.26 Å². The molecule has 0 spiro atoms. The number of amides is 2. The molecule has 0 bridgehead atoms. The molecule has 0 heterocycles. The lowest BCUT2D eigenvalue weighted by Gasteiger charge is -2.08. The lowest BCUT2D eigenvalue weighted by Crippen LogP contribution is -2.30. The fourth-order valence-electron chi connectivity index (χ4n) is 1.14. The molecule has 2 amide bonds. The standard InChI is InChI=1S/C11H10ClN3O3/c12-8-2-1-7(6-13)5-9(8)15-11(18)14-4-3-10(16)17/h1-2,5H,3-4H2,(H,16,17)(H2,14,15,18). The summed E-state index contributed by atoms with van der Waals surface area (Å²) in [5.41, 5.74) is 0.656. The van der Waals surface area contributed by atoms with E-state index >= 15 is 0 Å². The predicted molar refractivity (Wildman–Crippen MR) is 65.4 cm³/mol. The Hall–Kier alpha value is -2.26. The number of anilines is 1. The van der Waals surface area contributed by atoms with Crippen LogP contribution < -0.4 is 10.6 Å². The summed E-state index contributed by atoms with van der Waals surface area (Å²) in [5.74, 6) is -1.00. The summed E-state index contributed by atoms with van der Waals surface area (Å²) in [7, 11) is 0. The van der Waals surface area contributed by atoms with Gasteiger partial charge in [0.15, 0.2) is 0 Å². The minimum Gasteiger partial charge on any atom is -0.481 e. The summed E-state index contributed by atoms with van der Waals surface area (Å²) in [6.07, 6.45) is -0.167. The van der Waals surface area contributed by atoms with Crippen molar-refractivity contribution in [1.29, 1.82) is 5.26 Å². The molecule has 0 aliphatic rings. The lowest BCUT2D eigenvalue weighted by molar-refractivity contribution is -0.136. The fourth-order valence-corrected chi connectivity index (χ4v) is 1.30. The monoisotopic (exact) mass is 267 g/mol. The molecule has 1 aromatic rings. The Morgan fingerprint density at radius 2 is 2.17 bits per heavy atom. The van der Waals surface area contributed by atoms with Crippen LogP contribution in [0.1, 0.15) is 12.0 Å². The van der Waals surface area contributed by atoms with Crippen LogP contribution in [0.25, 0.3) is 0 Å². The van der Waals surface area contributed by atoms with Gasteiger partial charge in [0, 0.05) is 6.54 Å². The molecule has 0 aliphatic carbocycles. The van der Waals surface area contributed by atoms with E-state index in [0.29, 0.717) is 16.3 Å². The highest BCUT2D eigenvalue weighted by molar-refractivity contribution is 6.33. The van der Waals surface area contributed by atoms with Crippen LogP contribution in [-0.4, -0.2) is 23.7 Å². The average Bonchev–Trinajstić information content (AvgIpc) is 2.31. The molecule has 0 aliphatic heterocycles. The largest absolute Gasteiger partial charge is 0.481 e. The van der Waals surface area contributed by atoms with Crippen molar-refractivity contribution in [1.82, 2.24) is 5.32 Å². The van der Waals surface area contributed by atoms with E-state index in [4.69, 9.17) is 22.0 Å². The maximum absolute atomic E-state index is 11.4. The number of aliphatic carboxylic acids is 1. The number of carbonyl (C=O) groups excluding carboxylic acids is 1. The Kier molecular flexibility index (Phi) is 4.96. The molecule has 1 rings (SSSR count). The van der Waals surface area contributed by atoms with Crippen molar-refractivity contribution >= 4 is 29.3 Å². The van der Waals surface area contributed by atoms with Crippen molar-refractivity contribution < 1.29 is 14.7 Å². The summed E-state index contributed by atoms with van der Waals surface area (Å²) in [6.45, 7) is 0.0106. The van der Waals surface area contributed by atoms with Gasteiger partial charge in [-0.15, -0.1) is 0 Å². The summed E-state index contributed by atoms with van der Waals surface area (Å²) in [6, 6.07) is 5.79. The Balaban J connectivity index is 2.59. The van der Waals surface area contributed by atoms with Gasteiger partial charge >= 0.3 is 12.0 Å². The van der Waals surface area contributed by atoms with E-state index in [9.17, 15) is 9.59 Å². The number of nitrogens with one attached hydrogen (secondary N) is 2. The number of hydrogen-bond donors (Lipinski definition) is 3. The molecular formula is C11H10ClN3O3. The normalized spacial score (nSPS) is 9.33. The molecule has 1 aromatic carbocycles. The number of rotatable bonds is 4. The molecule has 18 heavy (non-hydrogen) atoms. The molecule has 0 aromatic heterocycles. The van der Waals surface area contributed by atoms with Gasteiger partial charge in [-0.05, 0) is 18.2 Å². The average molecular weight is 268 g/mol. The summed E-state index contributed by atoms with van der Waals surface area (Å²) in [4.78, 5) is 21.6. The Morgan fingerprint density at radius 1 is 1.44 bits per heavy atom. The van der Waals surface area contributed by atoms with Crippen molar-refractivity contribution in [2.45, 2.75) is 6.42 Å². The Labute approximate surface area is 108 Å². The Morgan fingerprint density at radius 3 is 2.78 bits per heavy atom. The molecule has 0 atom stereocenters. The highest BCUT2D eigenvalue weighted by Gasteiger charge is 2.07. The summed E-state index contributed by atoms with van der Waals surface area (Å²) in [5, 5.41) is 22.2. The van der Waals surface area contributed by atoms with Crippen molar-refractivity contribution in [3.05, 3.63) is 28.8 Å². The fraction of sp³-hybridized carbons (Fsp3) is 0.182. The quantitative estimate of drug-likeness (QED) is 0.774. The second-order valence-corrected chi connectivity index (χ2v) is 3.74. The zero-order chi connectivity index (χ0) is 13.5. The Bertz CT molecular complexity index is 511. The third kappa shape index (κ3) is 4.31. The van der Waals surface area contributed by atoms with Gasteiger partial charge in [-0.1, -0.05) is 11.6 Å². The first kappa shape index (κ1) is 13.8. The minimum atomic E-state index is -1.00. The first-order valence-electron chi connectivity index (χ1n) is 4.99. The number of benzene rings is 1. The van der Waals surface area contributed by atoms with Crippen LogP contribution in [0.5, 0.6) is 0 Å². The second-order valence-electron chi connectivity index (χ2n) is 3.33. The SMILES string of the molecule is N#Cc1ccc(Cl)c(NC(=O)NCCC(=O)O)c1. The summed E-state index contributed by atoms with van der Waals surface area (Å²) >= 11 is 5.84. The highest BCUT2D eigenvalue weighted by Crippen LogP contribution is 2.22. The predicted octanol–water partition coefficient (Wildman–Crippen LogP) is 1.81. The zero-order valence-electron chi connectivity index (χ0n) is 9.24. The van der Waals surface area contributed by atoms with Crippen LogP contribution in [0, 0.1) is 11.3 Å². The van der Waals surface area contributed by atoms with E-state index < -0.39 is 12.0 Å². The van der Waals surface area contributed by atoms with Gasteiger partial charge in [0.2, 0.25) is 0 Å². The van der Waals surface area contributed by atoms with E-state index in [1.54, 1.807) is 0 Å². The first-order chi connectivity index (χ1) is 8.52. The van der Waals surface area contributed by atoms with Crippen molar-refractivity contribution in [3.63, 3.8) is 0 Å². The number of nitrogens with zero attached hydrogens (tertiary/aromatic N) is 1.